The van der Waals surface area contributed by atoms with Crippen molar-refractivity contribution in [3.05, 3.63) is 0 Å². The van der Waals surface area contributed by atoms with Crippen LogP contribution in [0.3, 0.4) is 0 Å². The maximum atomic E-state index is 11.9. The molecule has 3 fully saturated rings. The summed E-state index contributed by atoms with van der Waals surface area (Å²) in [6.45, 7) is 4.21. The van der Waals surface area contributed by atoms with Crippen molar-refractivity contribution in [2.24, 2.45) is 11.8 Å². The Hall–Kier alpha value is -0.570. The molecule has 0 aromatic rings. The Labute approximate surface area is 78.5 Å². The van der Waals surface area contributed by atoms with E-state index in [9.17, 15) is 4.79 Å². The molecule has 2 aliphatic heterocycles. The molecule has 0 radical (unpaired) electrons. The quantitative estimate of drug-likeness (QED) is 0.626. The summed E-state index contributed by atoms with van der Waals surface area (Å²) in [5.74, 6) is 1.47. The van der Waals surface area contributed by atoms with Gasteiger partial charge in [0.1, 0.15) is 0 Å². The molecular formula is C10H16N2O. The Balaban J connectivity index is 1.69. The molecule has 3 rings (SSSR count). The molecule has 2 heterocycles. The van der Waals surface area contributed by atoms with Gasteiger partial charge in [0.25, 0.3) is 0 Å². The predicted molar refractivity (Wildman–Crippen MR) is 49.2 cm³/mol. The average molecular weight is 180 g/mol. The van der Waals surface area contributed by atoms with Crippen LogP contribution in [0.4, 0.5) is 0 Å². The first-order valence-electron chi connectivity index (χ1n) is 5.30. The van der Waals surface area contributed by atoms with Gasteiger partial charge in [-0.3, -0.25) is 4.79 Å². The van der Waals surface area contributed by atoms with Crippen molar-refractivity contribution in [2.75, 3.05) is 13.1 Å². The van der Waals surface area contributed by atoms with Crippen molar-refractivity contribution in [2.45, 2.75) is 31.8 Å². The summed E-state index contributed by atoms with van der Waals surface area (Å²) in [5, 5.41) is 3.35. The Morgan fingerprint density at radius 2 is 1.92 bits per heavy atom. The maximum absolute atomic E-state index is 11.9. The van der Waals surface area contributed by atoms with E-state index in [4.69, 9.17) is 0 Å². The molecule has 2 unspecified atom stereocenters. The number of hydrogen-bond acceptors (Lipinski definition) is 2. The zero-order valence-corrected chi connectivity index (χ0v) is 7.99. The van der Waals surface area contributed by atoms with Gasteiger partial charge in [-0.25, -0.2) is 0 Å². The summed E-state index contributed by atoms with van der Waals surface area (Å²) < 4.78 is 0. The van der Waals surface area contributed by atoms with E-state index in [0.717, 1.165) is 19.5 Å². The molecule has 2 bridgehead atoms. The Bertz CT molecular complexity index is 239. The minimum absolute atomic E-state index is 0.378. The van der Waals surface area contributed by atoms with Gasteiger partial charge in [0.2, 0.25) is 5.91 Å². The molecule has 1 saturated carbocycles. The molecule has 3 nitrogen and oxygen atoms in total. The van der Waals surface area contributed by atoms with Crippen LogP contribution in [0.25, 0.3) is 0 Å². The minimum atomic E-state index is 0.378. The third-order valence-corrected chi connectivity index (χ3v) is 3.77. The SMILES string of the molecule is C[C@@H]1C[C@@H]1C(=O)N1C2CNCC1C2. The lowest BCUT2D eigenvalue weighted by Gasteiger charge is -2.53. The zero-order valence-electron chi connectivity index (χ0n) is 7.99. The largest absolute Gasteiger partial charge is 0.334 e. The summed E-state index contributed by atoms with van der Waals surface area (Å²) in [6.07, 6.45) is 2.36. The summed E-state index contributed by atoms with van der Waals surface area (Å²) in [7, 11) is 0. The van der Waals surface area contributed by atoms with E-state index in [2.05, 4.69) is 17.1 Å². The fourth-order valence-electron chi connectivity index (χ4n) is 2.70. The van der Waals surface area contributed by atoms with Crippen LogP contribution in [0.5, 0.6) is 0 Å². The third-order valence-electron chi connectivity index (χ3n) is 3.77. The number of piperidine rings is 1. The first kappa shape index (κ1) is 7.80. The second-order valence-corrected chi connectivity index (χ2v) is 4.77. The number of piperazine rings is 1. The lowest BCUT2D eigenvalue weighted by atomic mass is 9.88. The van der Waals surface area contributed by atoms with Crippen molar-refractivity contribution in [3.8, 4) is 0 Å². The number of carbonyl (C=O) groups is 1. The second kappa shape index (κ2) is 2.47. The second-order valence-electron chi connectivity index (χ2n) is 4.77. The van der Waals surface area contributed by atoms with Gasteiger partial charge in [-0.2, -0.15) is 0 Å². The molecule has 0 aromatic heterocycles. The van der Waals surface area contributed by atoms with Gasteiger partial charge in [-0.1, -0.05) is 6.92 Å². The van der Waals surface area contributed by atoms with E-state index in [1.54, 1.807) is 0 Å². The number of hydrogen-bond donors (Lipinski definition) is 1. The van der Waals surface area contributed by atoms with Crippen LogP contribution in [0.2, 0.25) is 0 Å². The third kappa shape index (κ3) is 1.03. The van der Waals surface area contributed by atoms with Gasteiger partial charge >= 0.3 is 0 Å². The van der Waals surface area contributed by atoms with Crippen LogP contribution in [0.1, 0.15) is 19.8 Å². The fraction of sp³-hybridized carbons (Fsp3) is 0.900. The zero-order chi connectivity index (χ0) is 9.00. The number of fused-ring (bicyclic) bond motifs is 2. The lowest BCUT2D eigenvalue weighted by molar-refractivity contribution is -0.149. The van der Waals surface area contributed by atoms with Crippen molar-refractivity contribution >= 4 is 5.91 Å². The number of carbonyl (C=O) groups excluding carboxylic acids is 1. The van der Waals surface area contributed by atoms with Gasteiger partial charge < -0.3 is 10.2 Å². The molecule has 1 amide bonds. The van der Waals surface area contributed by atoms with Gasteiger partial charge in [0.15, 0.2) is 0 Å². The van der Waals surface area contributed by atoms with Crippen molar-refractivity contribution < 1.29 is 4.79 Å². The van der Waals surface area contributed by atoms with Crippen molar-refractivity contribution in [3.63, 3.8) is 0 Å². The molecule has 0 spiro atoms. The van der Waals surface area contributed by atoms with Crippen molar-refractivity contribution in [1.29, 1.82) is 0 Å². The van der Waals surface area contributed by atoms with Crippen LogP contribution in [0, 0.1) is 11.8 Å². The highest BCUT2D eigenvalue weighted by Gasteiger charge is 2.50. The monoisotopic (exact) mass is 180 g/mol. The number of nitrogens with zero attached hydrogens (tertiary/aromatic N) is 1. The van der Waals surface area contributed by atoms with Gasteiger partial charge in [0, 0.05) is 31.1 Å². The number of nitrogens with one attached hydrogen (secondary N) is 1. The van der Waals surface area contributed by atoms with E-state index in [0.29, 0.717) is 29.8 Å². The number of rotatable bonds is 1. The molecule has 13 heavy (non-hydrogen) atoms. The predicted octanol–water partition coefficient (Wildman–Crippen LogP) is 0.215. The van der Waals surface area contributed by atoms with E-state index in [-0.39, 0.29) is 0 Å². The first-order chi connectivity index (χ1) is 6.27. The minimum Gasteiger partial charge on any atom is -0.334 e. The first-order valence-corrected chi connectivity index (χ1v) is 5.30. The fourth-order valence-corrected chi connectivity index (χ4v) is 2.70. The van der Waals surface area contributed by atoms with Gasteiger partial charge in [-0.05, 0) is 18.8 Å². The smallest absolute Gasteiger partial charge is 0.226 e. The standard InChI is InChI=1S/C10H16N2O/c1-6-2-9(6)10(13)12-7-3-8(12)5-11-4-7/h6-9,11H,2-5H2,1H3/t6-,7?,8?,9+/m1/s1. The van der Waals surface area contributed by atoms with Crippen LogP contribution in [-0.2, 0) is 4.79 Å². The van der Waals surface area contributed by atoms with Crippen LogP contribution in [-0.4, -0.2) is 36.0 Å². The molecule has 3 aliphatic rings. The normalized spacial score (nSPS) is 47.0. The summed E-state index contributed by atoms with van der Waals surface area (Å²) >= 11 is 0. The highest BCUT2D eigenvalue weighted by molar-refractivity contribution is 5.83. The molecule has 2 saturated heterocycles. The van der Waals surface area contributed by atoms with Crippen molar-refractivity contribution in [1.82, 2.24) is 10.2 Å². The summed E-state index contributed by atoms with van der Waals surface area (Å²) in [6, 6.07) is 1.05. The van der Waals surface area contributed by atoms with Crippen LogP contribution in [0.15, 0.2) is 0 Å². The number of amides is 1. The molecule has 0 aromatic carbocycles. The topological polar surface area (TPSA) is 32.3 Å². The van der Waals surface area contributed by atoms with E-state index in [1.165, 1.54) is 6.42 Å². The van der Waals surface area contributed by atoms with Gasteiger partial charge in [0.05, 0.1) is 0 Å². The lowest BCUT2D eigenvalue weighted by Crippen LogP contribution is -2.69. The maximum Gasteiger partial charge on any atom is 0.226 e. The Kier molecular flexibility index (Phi) is 1.48. The van der Waals surface area contributed by atoms with Crippen LogP contribution >= 0.6 is 0 Å². The molecule has 1 aliphatic carbocycles. The Morgan fingerprint density at radius 3 is 2.38 bits per heavy atom. The van der Waals surface area contributed by atoms with E-state index in [1.807, 2.05) is 0 Å². The summed E-state index contributed by atoms with van der Waals surface area (Å²) in [5.41, 5.74) is 0. The Morgan fingerprint density at radius 1 is 1.31 bits per heavy atom. The summed E-state index contributed by atoms with van der Waals surface area (Å²) in [4.78, 5) is 14.1. The molecular weight excluding hydrogens is 164 g/mol. The molecule has 4 atom stereocenters. The highest BCUT2D eigenvalue weighted by Crippen LogP contribution is 2.42. The van der Waals surface area contributed by atoms with E-state index < -0.39 is 0 Å². The average Bonchev–Trinajstić information content (AvgIpc) is 2.84. The molecule has 72 valence electrons. The molecule has 3 heteroatoms. The van der Waals surface area contributed by atoms with Gasteiger partial charge in [-0.15, -0.1) is 0 Å². The molecule has 1 N–H and O–H groups in total. The van der Waals surface area contributed by atoms with Crippen LogP contribution < -0.4 is 5.32 Å². The highest BCUT2D eigenvalue weighted by atomic mass is 16.2. The van der Waals surface area contributed by atoms with E-state index >= 15 is 0 Å².